The first-order chi connectivity index (χ1) is 35.7. The molecule has 0 radical (unpaired) electrons. The molecule has 0 saturated heterocycles. The molecule has 4 nitrogen and oxygen atoms in total. The lowest BCUT2D eigenvalue weighted by Crippen LogP contribution is -2.02. The fraction of sp³-hybridized carbons (Fsp3) is 0.471. The maximum atomic E-state index is 6.96. The number of ether oxygens (including phenoxy) is 4. The Balaban J connectivity index is 1.14. The number of unbranched alkanes of at least 4 members (excludes halogenated alkanes) is 20. The Morgan fingerprint density at radius 3 is 0.806 bits per heavy atom. The molecule has 0 atom stereocenters. The third-order valence-corrected chi connectivity index (χ3v) is 16.2. The van der Waals surface area contributed by atoms with Crippen molar-refractivity contribution in [3.63, 3.8) is 0 Å². The Morgan fingerprint density at radius 2 is 0.472 bits per heavy atom. The van der Waals surface area contributed by atoms with Crippen LogP contribution >= 0.6 is 0 Å². The van der Waals surface area contributed by atoms with Crippen molar-refractivity contribution in [1.29, 1.82) is 0 Å². The fourth-order valence-electron chi connectivity index (χ4n) is 12.4. The summed E-state index contributed by atoms with van der Waals surface area (Å²) in [5.74, 6) is 3.85. The summed E-state index contributed by atoms with van der Waals surface area (Å²) in [5, 5.41) is 23.2. The van der Waals surface area contributed by atoms with Gasteiger partial charge in [0.25, 0.3) is 0 Å². The Kier molecular flexibility index (Phi) is 16.7. The van der Waals surface area contributed by atoms with Crippen LogP contribution in [0.25, 0.3) is 97.0 Å². The maximum Gasteiger partial charge on any atom is 0.127 e. The molecule has 72 heavy (non-hydrogen) atoms. The first-order valence-electron chi connectivity index (χ1n) is 29.2. The average molecular weight is 963 g/mol. The van der Waals surface area contributed by atoms with E-state index in [0.717, 1.165) is 75.1 Å². The van der Waals surface area contributed by atoms with Crippen LogP contribution < -0.4 is 18.9 Å². The molecule has 0 spiro atoms. The standard InChI is InChI=1S/C68H82O4/c1-5-9-13-17-21-25-41-69-47-29-31-49-51-33-35-54-56-38-40-60(72-44-28-24-20-16-12-8-4)62-58-46-48(70-42-26-22-18-14-10-6-2)30-32-50(58)52-34-36-53-55-37-39-59(71-43-27-23-19-15-11-7-3)61(57(49)45-47)63(55)65(51)67(54)68(53)66(52)64(56)62/h29-40,45-46H,5-28,41-44H2,1-4H3. The zero-order valence-corrected chi connectivity index (χ0v) is 44.5. The number of fused-ring (bicyclic) bond motifs is 8. The summed E-state index contributed by atoms with van der Waals surface area (Å²) in [6.45, 7) is 12.1. The van der Waals surface area contributed by atoms with Crippen LogP contribution in [-0.2, 0) is 0 Å². The van der Waals surface area contributed by atoms with Gasteiger partial charge in [0.05, 0.1) is 26.4 Å². The summed E-state index contributed by atoms with van der Waals surface area (Å²) >= 11 is 0. The lowest BCUT2D eigenvalue weighted by Gasteiger charge is -2.25. The van der Waals surface area contributed by atoms with E-state index in [1.54, 1.807) is 0 Å². The molecule has 378 valence electrons. The second kappa shape index (κ2) is 24.0. The van der Waals surface area contributed by atoms with Crippen LogP contribution in [-0.4, -0.2) is 26.4 Å². The monoisotopic (exact) mass is 963 g/mol. The average Bonchev–Trinajstić information content (AvgIpc) is 3.41. The molecule has 0 aliphatic carbocycles. The van der Waals surface area contributed by atoms with Crippen molar-refractivity contribution >= 4 is 97.0 Å². The Bertz CT molecular complexity index is 3100. The quantitative estimate of drug-likeness (QED) is 0.0239. The van der Waals surface area contributed by atoms with E-state index in [4.69, 9.17) is 18.9 Å². The molecule has 0 heterocycles. The van der Waals surface area contributed by atoms with Gasteiger partial charge in [-0.25, -0.2) is 0 Å². The minimum Gasteiger partial charge on any atom is -0.494 e. The SMILES string of the molecule is CCCCCCCCOc1ccc2c(c1)c1c(OCCCCCCCC)ccc3c4ccc5c6ccc(OCCCCCCCC)cc6c6c(OCCCCCCCC)ccc7c8ccc2c(c31)c8c4c5c76. The largest absolute Gasteiger partial charge is 0.494 e. The summed E-state index contributed by atoms with van der Waals surface area (Å²) in [7, 11) is 0. The van der Waals surface area contributed by atoms with Gasteiger partial charge in [-0.2, -0.15) is 0 Å². The van der Waals surface area contributed by atoms with Crippen molar-refractivity contribution in [2.24, 2.45) is 0 Å². The summed E-state index contributed by atoms with van der Waals surface area (Å²) in [6.07, 6.45) is 29.8. The second-order valence-electron chi connectivity index (χ2n) is 21.4. The van der Waals surface area contributed by atoms with Gasteiger partial charge >= 0.3 is 0 Å². The van der Waals surface area contributed by atoms with Gasteiger partial charge in [0.1, 0.15) is 23.0 Å². The summed E-state index contributed by atoms with van der Waals surface area (Å²) in [4.78, 5) is 0. The minimum atomic E-state index is 0.718. The van der Waals surface area contributed by atoms with Gasteiger partial charge in [0.15, 0.2) is 0 Å². The van der Waals surface area contributed by atoms with Crippen molar-refractivity contribution in [2.45, 2.75) is 182 Å². The first-order valence-corrected chi connectivity index (χ1v) is 29.2. The van der Waals surface area contributed by atoms with Crippen molar-refractivity contribution in [2.75, 3.05) is 26.4 Å². The lowest BCUT2D eigenvalue weighted by atomic mass is 9.79. The van der Waals surface area contributed by atoms with E-state index < -0.39 is 0 Å². The third-order valence-electron chi connectivity index (χ3n) is 16.2. The van der Waals surface area contributed by atoms with Gasteiger partial charge in [0.2, 0.25) is 0 Å². The highest BCUT2D eigenvalue weighted by molar-refractivity contribution is 6.52. The molecule has 4 heteroatoms. The van der Waals surface area contributed by atoms with Crippen LogP contribution in [0.1, 0.15) is 182 Å². The molecule has 0 N–H and O–H groups in total. The molecular formula is C68H82O4. The van der Waals surface area contributed by atoms with Crippen molar-refractivity contribution in [1.82, 2.24) is 0 Å². The van der Waals surface area contributed by atoms with E-state index >= 15 is 0 Å². The topological polar surface area (TPSA) is 36.9 Å². The van der Waals surface area contributed by atoms with E-state index in [9.17, 15) is 0 Å². The van der Waals surface area contributed by atoms with Gasteiger partial charge in [-0.05, 0) is 137 Å². The molecule has 0 amide bonds. The molecule has 0 unspecified atom stereocenters. The summed E-state index contributed by atoms with van der Waals surface area (Å²) in [5.41, 5.74) is 0. The van der Waals surface area contributed by atoms with Crippen LogP contribution in [0, 0.1) is 0 Å². The highest BCUT2D eigenvalue weighted by atomic mass is 16.5. The molecular weight excluding hydrogens is 881 g/mol. The summed E-state index contributed by atoms with van der Waals surface area (Å²) in [6, 6.07) is 32.7. The molecule has 10 rings (SSSR count). The predicted molar refractivity (Wildman–Crippen MR) is 313 cm³/mol. The number of hydrogen-bond donors (Lipinski definition) is 0. The Morgan fingerprint density at radius 1 is 0.222 bits per heavy atom. The summed E-state index contributed by atoms with van der Waals surface area (Å²) < 4.78 is 27.1. The van der Waals surface area contributed by atoms with E-state index in [2.05, 4.69) is 113 Å². The van der Waals surface area contributed by atoms with Gasteiger partial charge in [-0.1, -0.05) is 205 Å². The minimum absolute atomic E-state index is 0.718. The molecule has 0 saturated carbocycles. The van der Waals surface area contributed by atoms with Gasteiger partial charge in [-0.3, -0.25) is 0 Å². The van der Waals surface area contributed by atoms with Crippen LogP contribution in [0.3, 0.4) is 0 Å². The van der Waals surface area contributed by atoms with Gasteiger partial charge < -0.3 is 18.9 Å². The van der Waals surface area contributed by atoms with Crippen LogP contribution in [0.2, 0.25) is 0 Å². The number of hydrogen-bond acceptors (Lipinski definition) is 4. The van der Waals surface area contributed by atoms with Crippen molar-refractivity contribution in [3.05, 3.63) is 84.9 Å². The van der Waals surface area contributed by atoms with Crippen molar-refractivity contribution < 1.29 is 18.9 Å². The molecule has 10 aromatic rings. The van der Waals surface area contributed by atoms with E-state index in [-0.39, 0.29) is 0 Å². The molecule has 0 fully saturated rings. The Labute approximate surface area is 430 Å². The van der Waals surface area contributed by atoms with Crippen molar-refractivity contribution in [3.8, 4) is 23.0 Å². The van der Waals surface area contributed by atoms with E-state index in [1.165, 1.54) is 225 Å². The highest BCUT2D eigenvalue weighted by Gasteiger charge is 2.27. The zero-order chi connectivity index (χ0) is 49.2. The number of benzene rings is 10. The van der Waals surface area contributed by atoms with E-state index in [0.29, 0.717) is 0 Å². The predicted octanol–water partition coefficient (Wildman–Crippen LogP) is 21.3. The third kappa shape index (κ3) is 10.1. The molecule has 10 aromatic carbocycles. The first kappa shape index (κ1) is 50.1. The zero-order valence-electron chi connectivity index (χ0n) is 44.5. The van der Waals surface area contributed by atoms with Crippen LogP contribution in [0.5, 0.6) is 23.0 Å². The van der Waals surface area contributed by atoms with Gasteiger partial charge in [-0.15, -0.1) is 0 Å². The molecule has 0 aromatic heterocycles. The fourth-order valence-corrected chi connectivity index (χ4v) is 12.4. The lowest BCUT2D eigenvalue weighted by molar-refractivity contribution is 0.304. The van der Waals surface area contributed by atoms with Crippen LogP contribution in [0.4, 0.5) is 0 Å². The Hall–Kier alpha value is -5.48. The number of rotatable bonds is 32. The van der Waals surface area contributed by atoms with Crippen LogP contribution in [0.15, 0.2) is 84.9 Å². The molecule has 0 bridgehead atoms. The maximum absolute atomic E-state index is 6.96. The second-order valence-corrected chi connectivity index (χ2v) is 21.4. The normalized spacial score (nSPS) is 12.3. The smallest absolute Gasteiger partial charge is 0.127 e. The highest BCUT2D eigenvalue weighted by Crippen LogP contribution is 2.56. The molecule has 0 aliphatic heterocycles. The van der Waals surface area contributed by atoms with E-state index in [1.807, 2.05) is 0 Å². The molecule has 0 aliphatic rings. The van der Waals surface area contributed by atoms with Gasteiger partial charge in [0, 0.05) is 21.5 Å².